The molecule has 1 unspecified atom stereocenters. The average molecular weight is 519 g/mol. The third-order valence-electron chi connectivity index (χ3n) is 9.18. The first kappa shape index (κ1) is 25.7. The Balaban J connectivity index is 1.43. The number of rotatable bonds is 3. The second-order valence-electron chi connectivity index (χ2n) is 11.3. The van der Waals surface area contributed by atoms with Crippen molar-refractivity contribution < 1.29 is 23.9 Å². The van der Waals surface area contributed by atoms with Crippen LogP contribution in [-0.2, 0) is 20.0 Å². The molecule has 2 N–H and O–H groups in total. The zero-order chi connectivity index (χ0) is 26.2. The molecule has 0 amide bonds. The van der Waals surface area contributed by atoms with Gasteiger partial charge in [0.15, 0.2) is 11.9 Å². The number of halogens is 2. The van der Waals surface area contributed by atoms with Crippen molar-refractivity contribution in [3.63, 3.8) is 0 Å². The van der Waals surface area contributed by atoms with Crippen molar-refractivity contribution in [3.8, 4) is 0 Å². The lowest BCUT2D eigenvalue weighted by Gasteiger charge is -2.55. The molecule has 1 saturated carbocycles. The lowest BCUT2D eigenvalue weighted by atomic mass is 9.55. The summed E-state index contributed by atoms with van der Waals surface area (Å²) in [5.74, 6) is -0.904. The van der Waals surface area contributed by atoms with Gasteiger partial charge in [-0.25, -0.2) is 4.39 Å². The van der Waals surface area contributed by atoms with Gasteiger partial charge in [-0.2, -0.15) is 0 Å². The number of carbonyl (C=O) groups is 1. The van der Waals surface area contributed by atoms with Gasteiger partial charge in [-0.3, -0.25) is 20.0 Å². The van der Waals surface area contributed by atoms with Crippen molar-refractivity contribution in [2.45, 2.75) is 76.6 Å². The first-order chi connectivity index (χ1) is 16.9. The minimum atomic E-state index is -1.95. The molecule has 5 rings (SSSR count). The molecule has 8 heteroatoms. The number of para-hydroxylation sites is 1. The Kier molecular flexibility index (Phi) is 6.30. The summed E-state index contributed by atoms with van der Waals surface area (Å²) in [6.45, 7) is 12.2. The van der Waals surface area contributed by atoms with Gasteiger partial charge in [0.2, 0.25) is 0 Å². The van der Waals surface area contributed by atoms with Crippen molar-refractivity contribution >= 4 is 23.3 Å². The van der Waals surface area contributed by atoms with Gasteiger partial charge < -0.3 is 9.84 Å². The van der Waals surface area contributed by atoms with E-state index in [1.54, 1.807) is 25.2 Å². The normalized spacial score (nSPS) is 41.6. The predicted molar refractivity (Wildman–Crippen MR) is 137 cm³/mol. The number of esters is 1. The van der Waals surface area contributed by atoms with Crippen molar-refractivity contribution in [1.29, 1.82) is 0 Å². The number of benzene rings is 1. The topological polar surface area (TPSA) is 71.0 Å². The summed E-state index contributed by atoms with van der Waals surface area (Å²) in [5.41, 5.74) is -0.251. The van der Waals surface area contributed by atoms with Crippen LogP contribution >= 0.6 is 11.6 Å². The highest BCUT2D eigenvalue weighted by molar-refractivity contribution is 6.33. The van der Waals surface area contributed by atoms with Crippen LogP contribution in [-0.4, -0.2) is 42.1 Å². The minimum Gasteiger partial charge on any atom is -0.457 e. The van der Waals surface area contributed by atoms with E-state index in [4.69, 9.17) is 21.2 Å². The van der Waals surface area contributed by atoms with Crippen LogP contribution in [0.2, 0.25) is 5.02 Å². The molecular formula is C28H36ClFN2O4. The Bertz CT molecular complexity index is 1130. The quantitative estimate of drug-likeness (QED) is 0.431. The summed E-state index contributed by atoms with van der Waals surface area (Å²) in [5, 5.41) is 17.0. The Morgan fingerprint density at radius 3 is 2.78 bits per heavy atom. The number of nitrogens with one attached hydrogen (secondary N) is 1. The second-order valence-corrected chi connectivity index (χ2v) is 11.7. The summed E-state index contributed by atoms with van der Waals surface area (Å²) in [4.78, 5) is 19.3. The number of allylic oxidation sites excluding steroid dienone is 1. The number of alkyl halides is 1. The highest BCUT2D eigenvalue weighted by Gasteiger charge is 2.60. The van der Waals surface area contributed by atoms with E-state index in [9.17, 15) is 9.90 Å². The number of hydrogen-bond acceptors (Lipinski definition) is 6. The fraction of sp³-hybridized carbons (Fsp3) is 0.607. The molecule has 0 bridgehead atoms. The monoisotopic (exact) mass is 518 g/mol. The summed E-state index contributed by atoms with van der Waals surface area (Å²) in [7, 11) is 1.66. The maximum atomic E-state index is 16.4. The molecule has 2 fully saturated rings. The van der Waals surface area contributed by atoms with Crippen LogP contribution in [0.3, 0.4) is 0 Å². The maximum Gasteiger partial charge on any atom is 0.323 e. The average Bonchev–Trinajstić information content (AvgIpc) is 3.16. The molecule has 9 atom stereocenters. The van der Waals surface area contributed by atoms with Crippen LogP contribution < -0.4 is 10.4 Å². The Morgan fingerprint density at radius 2 is 2.08 bits per heavy atom. The third kappa shape index (κ3) is 3.65. The van der Waals surface area contributed by atoms with E-state index in [2.05, 4.69) is 18.0 Å². The van der Waals surface area contributed by atoms with E-state index in [-0.39, 0.29) is 30.1 Å². The number of carbonyl (C=O) groups excluding carboxylic acids is 1. The fourth-order valence-electron chi connectivity index (χ4n) is 6.92. The molecule has 36 heavy (non-hydrogen) atoms. The molecule has 1 aromatic rings. The van der Waals surface area contributed by atoms with Gasteiger partial charge in [0.1, 0.15) is 17.7 Å². The van der Waals surface area contributed by atoms with Crippen LogP contribution in [0.4, 0.5) is 10.1 Å². The molecule has 2 heterocycles. The SMILES string of the molecule is C=C(C)[C@@H]1CC[C@@H](C)[C@@]2(O)[C@@H]1C=C(C)[C@@H](C)[C@@H]2OC(=O)C1C[C@@]2(F)c3cccc(Cl)c3N(C)O[C@H]2N1. The fourth-order valence-corrected chi connectivity index (χ4v) is 7.21. The molecule has 0 radical (unpaired) electrons. The van der Waals surface area contributed by atoms with Crippen LogP contribution in [0.15, 0.2) is 42.0 Å². The van der Waals surface area contributed by atoms with E-state index in [0.29, 0.717) is 16.3 Å². The van der Waals surface area contributed by atoms with Gasteiger partial charge in [-0.15, -0.1) is 0 Å². The van der Waals surface area contributed by atoms with E-state index in [1.165, 1.54) is 5.06 Å². The van der Waals surface area contributed by atoms with Crippen LogP contribution in [0, 0.1) is 23.7 Å². The van der Waals surface area contributed by atoms with Gasteiger partial charge in [-0.1, -0.05) is 61.4 Å². The summed E-state index contributed by atoms with van der Waals surface area (Å²) < 4.78 is 22.6. The number of anilines is 1. The van der Waals surface area contributed by atoms with E-state index >= 15 is 4.39 Å². The van der Waals surface area contributed by atoms with E-state index < -0.39 is 35.6 Å². The van der Waals surface area contributed by atoms with Crippen molar-refractivity contribution in [3.05, 3.63) is 52.6 Å². The predicted octanol–water partition coefficient (Wildman–Crippen LogP) is 5.05. The van der Waals surface area contributed by atoms with E-state index in [1.807, 2.05) is 27.7 Å². The molecule has 0 spiro atoms. The smallest absolute Gasteiger partial charge is 0.323 e. The highest BCUT2D eigenvalue weighted by Crippen LogP contribution is 2.54. The van der Waals surface area contributed by atoms with Crippen LogP contribution in [0.5, 0.6) is 0 Å². The standard InChI is InChI=1S/C28H36ClFN2O4/c1-14(2)18-11-10-16(4)28(34)20(18)12-15(3)17(5)24(28)35-25(33)22-13-27(30)19-8-7-9-21(29)23(19)32(6)36-26(27)31-22/h7-9,12,16-18,20,22,24,26,31,34H,1,10-11,13H2,2-6H3/t16-,17-,18+,20-,22?,24+,26-,27-,28-/m1/s1. The minimum absolute atomic E-state index is 0.0691. The van der Waals surface area contributed by atoms with Gasteiger partial charge in [0, 0.05) is 30.9 Å². The third-order valence-corrected chi connectivity index (χ3v) is 9.49. The lowest BCUT2D eigenvalue weighted by molar-refractivity contribution is -0.206. The van der Waals surface area contributed by atoms with Crippen molar-refractivity contribution in [2.24, 2.45) is 23.7 Å². The van der Waals surface area contributed by atoms with Crippen LogP contribution in [0.25, 0.3) is 0 Å². The summed E-state index contributed by atoms with van der Waals surface area (Å²) in [6.07, 6.45) is 1.93. The zero-order valence-corrected chi connectivity index (χ0v) is 22.3. The van der Waals surface area contributed by atoms with Crippen molar-refractivity contribution in [1.82, 2.24) is 5.32 Å². The number of ether oxygens (including phenoxy) is 1. The van der Waals surface area contributed by atoms with E-state index in [0.717, 1.165) is 24.0 Å². The molecule has 2 aliphatic carbocycles. The first-order valence-corrected chi connectivity index (χ1v) is 13.2. The number of aliphatic hydroxyl groups is 1. The molecule has 2 aliphatic heterocycles. The molecule has 6 nitrogen and oxygen atoms in total. The largest absolute Gasteiger partial charge is 0.457 e. The summed E-state index contributed by atoms with van der Waals surface area (Å²) >= 11 is 6.34. The van der Waals surface area contributed by atoms with Crippen LogP contribution in [0.1, 0.15) is 52.5 Å². The number of nitrogens with zero attached hydrogens (tertiary/aromatic N) is 1. The van der Waals surface area contributed by atoms with Gasteiger partial charge in [0.05, 0.1) is 10.7 Å². The summed E-state index contributed by atoms with van der Waals surface area (Å²) in [6, 6.07) is 4.12. The first-order valence-electron chi connectivity index (χ1n) is 12.8. The zero-order valence-electron chi connectivity index (χ0n) is 21.6. The molecule has 4 aliphatic rings. The lowest BCUT2D eigenvalue weighted by Crippen LogP contribution is -2.63. The molecule has 196 valence electrons. The molecule has 1 aromatic carbocycles. The highest BCUT2D eigenvalue weighted by atomic mass is 35.5. The van der Waals surface area contributed by atoms with Gasteiger partial charge in [0.25, 0.3) is 0 Å². The molecular weight excluding hydrogens is 483 g/mol. The molecule has 1 saturated heterocycles. The second kappa shape index (κ2) is 8.83. The Morgan fingerprint density at radius 1 is 1.36 bits per heavy atom. The van der Waals surface area contributed by atoms with Gasteiger partial charge in [-0.05, 0) is 44.6 Å². The maximum absolute atomic E-state index is 16.4. The molecule has 0 aromatic heterocycles. The van der Waals surface area contributed by atoms with Crippen molar-refractivity contribution in [2.75, 3.05) is 12.1 Å². The van der Waals surface area contributed by atoms with Gasteiger partial charge >= 0.3 is 5.97 Å². The Hall–Kier alpha value is -1.93. The number of hydrogen-bond donors (Lipinski definition) is 2. The Labute approximate surface area is 217 Å². The number of fused-ring (bicyclic) bond motifs is 4. The number of hydroxylamine groups is 1.